The van der Waals surface area contributed by atoms with Crippen LogP contribution in [0.1, 0.15) is 36.4 Å². The molecule has 3 atom stereocenters. The topological polar surface area (TPSA) is 107 Å². The molecule has 1 amide bonds. The van der Waals surface area contributed by atoms with Gasteiger partial charge in [0.25, 0.3) is 0 Å². The van der Waals surface area contributed by atoms with Crippen LogP contribution < -0.4 is 24.3 Å². The zero-order chi connectivity index (χ0) is 24.2. The first kappa shape index (κ1) is 23.7. The largest absolute Gasteiger partial charge is 0.497 e. The van der Waals surface area contributed by atoms with Crippen molar-refractivity contribution >= 4 is 11.9 Å². The van der Waals surface area contributed by atoms with E-state index >= 15 is 0 Å². The zero-order valence-electron chi connectivity index (χ0n) is 19.6. The number of benzene rings is 2. The summed E-state index contributed by atoms with van der Waals surface area (Å²) >= 11 is 0. The summed E-state index contributed by atoms with van der Waals surface area (Å²) in [7, 11) is 3.10. The number of aliphatic carboxylic acids is 1. The van der Waals surface area contributed by atoms with Crippen molar-refractivity contribution in [3.05, 3.63) is 47.5 Å². The van der Waals surface area contributed by atoms with E-state index in [0.29, 0.717) is 41.7 Å². The number of carbonyl (C=O) groups excluding carboxylic acids is 1. The van der Waals surface area contributed by atoms with E-state index in [1.807, 2.05) is 30.0 Å². The molecular formula is C25H30N2O7. The summed E-state index contributed by atoms with van der Waals surface area (Å²) in [5.41, 5.74) is 1.52. The number of rotatable bonds is 9. The number of carboxylic acids is 1. The molecule has 2 N–H and O–H groups in total. The molecule has 2 aliphatic rings. The van der Waals surface area contributed by atoms with Crippen LogP contribution in [0.3, 0.4) is 0 Å². The van der Waals surface area contributed by atoms with E-state index in [4.69, 9.17) is 18.9 Å². The van der Waals surface area contributed by atoms with Gasteiger partial charge in [-0.05, 0) is 30.2 Å². The van der Waals surface area contributed by atoms with Crippen molar-refractivity contribution in [2.75, 3.05) is 40.6 Å². The molecule has 0 aromatic heterocycles. The number of carboxylic acid groups (broad SMARTS) is 1. The lowest BCUT2D eigenvalue weighted by Gasteiger charge is -2.28. The lowest BCUT2D eigenvalue weighted by molar-refractivity contribution is -0.143. The van der Waals surface area contributed by atoms with Gasteiger partial charge in [0.1, 0.15) is 11.5 Å². The van der Waals surface area contributed by atoms with Crippen LogP contribution in [0.4, 0.5) is 0 Å². The van der Waals surface area contributed by atoms with Gasteiger partial charge in [0.15, 0.2) is 11.5 Å². The number of amides is 1. The smallest absolute Gasteiger partial charge is 0.309 e. The summed E-state index contributed by atoms with van der Waals surface area (Å²) < 4.78 is 21.9. The molecule has 4 rings (SSSR count). The number of nitrogens with one attached hydrogen (secondary N) is 1. The molecule has 9 heteroatoms. The van der Waals surface area contributed by atoms with E-state index in [2.05, 4.69) is 5.32 Å². The molecule has 2 aromatic rings. The van der Waals surface area contributed by atoms with Gasteiger partial charge in [-0.3, -0.25) is 14.5 Å². The summed E-state index contributed by atoms with van der Waals surface area (Å²) in [5, 5.41) is 13.3. The van der Waals surface area contributed by atoms with Gasteiger partial charge in [0.05, 0.1) is 32.7 Å². The average Bonchev–Trinajstić information content (AvgIpc) is 3.46. The van der Waals surface area contributed by atoms with Crippen LogP contribution >= 0.6 is 0 Å². The van der Waals surface area contributed by atoms with Crippen LogP contribution in [0, 0.1) is 5.92 Å². The molecule has 2 aliphatic heterocycles. The highest BCUT2D eigenvalue weighted by Gasteiger charge is 2.49. The van der Waals surface area contributed by atoms with Crippen LogP contribution in [0.5, 0.6) is 23.0 Å². The zero-order valence-corrected chi connectivity index (χ0v) is 19.6. The number of carbonyl (C=O) groups is 2. The molecule has 3 unspecified atom stereocenters. The van der Waals surface area contributed by atoms with Crippen molar-refractivity contribution in [3.63, 3.8) is 0 Å². The first-order valence-electron chi connectivity index (χ1n) is 11.3. The Morgan fingerprint density at radius 3 is 2.62 bits per heavy atom. The van der Waals surface area contributed by atoms with Gasteiger partial charge in [0.2, 0.25) is 12.7 Å². The Labute approximate surface area is 198 Å². The molecule has 34 heavy (non-hydrogen) atoms. The predicted molar refractivity (Wildman–Crippen MR) is 124 cm³/mol. The van der Waals surface area contributed by atoms with Crippen LogP contribution in [-0.4, -0.2) is 62.5 Å². The van der Waals surface area contributed by atoms with Crippen molar-refractivity contribution < 1.29 is 33.6 Å². The third-order valence-electron chi connectivity index (χ3n) is 6.39. The SMILES string of the molecule is CCCNC(=O)CN1CC(c2ccc3c(c2)OCO3)C(C(=O)O)C1c1ccc(OC)cc1OC. The maximum Gasteiger partial charge on any atom is 0.309 e. The molecule has 0 radical (unpaired) electrons. The van der Waals surface area contributed by atoms with Gasteiger partial charge < -0.3 is 29.4 Å². The monoisotopic (exact) mass is 470 g/mol. The van der Waals surface area contributed by atoms with Gasteiger partial charge in [-0.1, -0.05) is 19.1 Å². The Hall–Kier alpha value is -3.46. The summed E-state index contributed by atoms with van der Waals surface area (Å²) in [6.45, 7) is 3.15. The normalized spacial score (nSPS) is 21.3. The summed E-state index contributed by atoms with van der Waals surface area (Å²) in [4.78, 5) is 27.3. The summed E-state index contributed by atoms with van der Waals surface area (Å²) in [6, 6.07) is 10.3. The van der Waals surface area contributed by atoms with Crippen LogP contribution in [0.25, 0.3) is 0 Å². The highest BCUT2D eigenvalue weighted by Crippen LogP contribution is 2.49. The molecule has 2 aromatic carbocycles. The van der Waals surface area contributed by atoms with Crippen LogP contribution in [0.2, 0.25) is 0 Å². The van der Waals surface area contributed by atoms with Gasteiger partial charge in [-0.2, -0.15) is 0 Å². The number of hydrogen-bond donors (Lipinski definition) is 2. The lowest BCUT2D eigenvalue weighted by atomic mass is 9.82. The molecule has 0 aliphatic carbocycles. The maximum atomic E-state index is 12.7. The Kier molecular flexibility index (Phi) is 7.12. The van der Waals surface area contributed by atoms with Gasteiger partial charge in [0, 0.05) is 30.6 Å². The molecule has 0 spiro atoms. The third-order valence-corrected chi connectivity index (χ3v) is 6.39. The minimum Gasteiger partial charge on any atom is -0.497 e. The maximum absolute atomic E-state index is 12.7. The van der Waals surface area contributed by atoms with Crippen molar-refractivity contribution in [3.8, 4) is 23.0 Å². The molecule has 2 heterocycles. The Balaban J connectivity index is 1.75. The highest BCUT2D eigenvalue weighted by atomic mass is 16.7. The summed E-state index contributed by atoms with van der Waals surface area (Å²) in [6.07, 6.45) is 0.818. The van der Waals surface area contributed by atoms with E-state index in [1.165, 1.54) is 7.11 Å². The van der Waals surface area contributed by atoms with Crippen molar-refractivity contribution in [2.45, 2.75) is 25.3 Å². The van der Waals surface area contributed by atoms with E-state index < -0.39 is 17.9 Å². The van der Waals surface area contributed by atoms with Gasteiger partial charge >= 0.3 is 5.97 Å². The summed E-state index contributed by atoms with van der Waals surface area (Å²) in [5.74, 6) is 0.0734. The Morgan fingerprint density at radius 1 is 1.12 bits per heavy atom. The van der Waals surface area contributed by atoms with Gasteiger partial charge in [-0.25, -0.2) is 0 Å². The first-order valence-corrected chi connectivity index (χ1v) is 11.3. The van der Waals surface area contributed by atoms with E-state index in [9.17, 15) is 14.7 Å². The van der Waals surface area contributed by atoms with Crippen LogP contribution in [-0.2, 0) is 9.59 Å². The molecular weight excluding hydrogens is 440 g/mol. The number of ether oxygens (including phenoxy) is 4. The minimum absolute atomic E-state index is 0.0741. The fourth-order valence-electron chi connectivity index (χ4n) is 4.81. The fraction of sp³-hybridized carbons (Fsp3) is 0.440. The Morgan fingerprint density at radius 2 is 1.91 bits per heavy atom. The number of hydrogen-bond acceptors (Lipinski definition) is 7. The number of nitrogens with zero attached hydrogens (tertiary/aromatic N) is 1. The Bertz CT molecular complexity index is 1060. The second-order valence-electron chi connectivity index (χ2n) is 8.42. The van der Waals surface area contributed by atoms with Crippen molar-refractivity contribution in [1.29, 1.82) is 0 Å². The highest BCUT2D eigenvalue weighted by molar-refractivity contribution is 5.79. The lowest BCUT2D eigenvalue weighted by Crippen LogP contribution is -2.38. The van der Waals surface area contributed by atoms with E-state index in [-0.39, 0.29) is 25.2 Å². The fourth-order valence-corrected chi connectivity index (χ4v) is 4.81. The number of methoxy groups -OCH3 is 2. The molecule has 182 valence electrons. The second kappa shape index (κ2) is 10.2. The quantitative estimate of drug-likeness (QED) is 0.576. The predicted octanol–water partition coefficient (Wildman–Crippen LogP) is 2.80. The van der Waals surface area contributed by atoms with Crippen molar-refractivity contribution in [1.82, 2.24) is 10.2 Å². The third kappa shape index (κ3) is 4.61. The van der Waals surface area contributed by atoms with Crippen LogP contribution in [0.15, 0.2) is 36.4 Å². The number of fused-ring (bicyclic) bond motifs is 1. The second-order valence-corrected chi connectivity index (χ2v) is 8.42. The molecule has 0 saturated carbocycles. The first-order chi connectivity index (χ1) is 16.5. The number of likely N-dealkylation sites (tertiary alicyclic amines) is 1. The molecule has 1 saturated heterocycles. The molecule has 1 fully saturated rings. The van der Waals surface area contributed by atoms with E-state index in [1.54, 1.807) is 25.3 Å². The van der Waals surface area contributed by atoms with E-state index in [0.717, 1.165) is 12.0 Å². The van der Waals surface area contributed by atoms with Gasteiger partial charge in [-0.15, -0.1) is 0 Å². The van der Waals surface area contributed by atoms with Crippen molar-refractivity contribution in [2.24, 2.45) is 5.92 Å². The standard InChI is InChI=1S/C25H30N2O7/c1-4-9-26-22(28)13-27-12-18(15-5-8-19-21(10-15)34-14-33-19)23(25(29)30)24(27)17-7-6-16(31-2)11-20(17)32-3/h5-8,10-11,18,23-24H,4,9,12-14H2,1-3H3,(H,26,28)(H,29,30). The molecule has 0 bridgehead atoms. The molecule has 9 nitrogen and oxygen atoms in total. The average molecular weight is 471 g/mol. The minimum atomic E-state index is -0.943.